The van der Waals surface area contributed by atoms with Crippen molar-refractivity contribution in [2.24, 2.45) is 29.2 Å². The summed E-state index contributed by atoms with van der Waals surface area (Å²) in [4.78, 5) is 29.8. The highest BCUT2D eigenvalue weighted by Crippen LogP contribution is 2.48. The van der Waals surface area contributed by atoms with Crippen LogP contribution in [0.1, 0.15) is 78.0 Å². The molecule has 1 N–H and O–H groups in total. The molecule has 51 heavy (non-hydrogen) atoms. The number of rotatable bonds is 4. The van der Waals surface area contributed by atoms with Crippen LogP contribution in [-0.4, -0.2) is 64.5 Å². The van der Waals surface area contributed by atoms with Crippen molar-refractivity contribution in [2.45, 2.75) is 68.8 Å². The van der Waals surface area contributed by atoms with Gasteiger partial charge in [0.25, 0.3) is 5.91 Å². The first kappa shape index (κ1) is 34.4. The van der Waals surface area contributed by atoms with Crippen LogP contribution >= 0.6 is 11.6 Å². The molecule has 2 fully saturated rings. The van der Waals surface area contributed by atoms with E-state index in [1.807, 2.05) is 31.3 Å². The minimum atomic E-state index is -3.42. The highest BCUT2D eigenvalue weighted by Gasteiger charge is 2.47. The van der Waals surface area contributed by atoms with Gasteiger partial charge in [-0.05, 0) is 111 Å². The van der Waals surface area contributed by atoms with Gasteiger partial charge in [0, 0.05) is 67.0 Å². The summed E-state index contributed by atoms with van der Waals surface area (Å²) in [7, 11) is 0.202. The molecular formula is C39H46ClN5O5S. The molecule has 3 aliphatic carbocycles. The maximum absolute atomic E-state index is 14.4. The lowest BCUT2D eigenvalue weighted by molar-refractivity contribution is -0.120. The first-order valence-corrected chi connectivity index (χ1v) is 20.3. The number of hydrogen-bond acceptors (Lipinski definition) is 7. The van der Waals surface area contributed by atoms with Crippen LogP contribution in [0.4, 0.5) is 5.69 Å². The van der Waals surface area contributed by atoms with Crippen molar-refractivity contribution in [1.29, 1.82) is 0 Å². The first-order valence-electron chi connectivity index (χ1n) is 18.2. The highest BCUT2D eigenvalue weighted by atomic mass is 35.5. The van der Waals surface area contributed by atoms with E-state index in [0.717, 1.165) is 61.6 Å². The molecule has 8 rings (SSSR count). The smallest absolute Gasteiger partial charge is 0.286 e. The quantitative estimate of drug-likeness (QED) is 0.310. The topological polar surface area (TPSA) is 115 Å². The Bertz CT molecular complexity index is 2000. The van der Waals surface area contributed by atoms with Crippen LogP contribution < -0.4 is 14.4 Å². The number of allylic oxidation sites excluding steroid dienone is 1. The van der Waals surface area contributed by atoms with Gasteiger partial charge in [-0.1, -0.05) is 29.8 Å². The molecule has 7 atom stereocenters. The minimum Gasteiger partial charge on any atom is -0.490 e. The number of nitrogens with one attached hydrogen (secondary N) is 1. The van der Waals surface area contributed by atoms with E-state index in [1.165, 1.54) is 11.1 Å². The largest absolute Gasteiger partial charge is 0.490 e. The average molecular weight is 732 g/mol. The molecule has 0 radical (unpaired) electrons. The lowest BCUT2D eigenvalue weighted by Gasteiger charge is -2.46. The summed E-state index contributed by atoms with van der Waals surface area (Å²) < 4.78 is 35.9. The predicted molar refractivity (Wildman–Crippen MR) is 198 cm³/mol. The van der Waals surface area contributed by atoms with E-state index in [0.29, 0.717) is 49.0 Å². The summed E-state index contributed by atoms with van der Waals surface area (Å²) >= 11 is 6.46. The molecule has 2 bridgehead atoms. The number of methoxy groups -OCH3 is 1. The van der Waals surface area contributed by atoms with E-state index in [2.05, 4.69) is 43.4 Å². The van der Waals surface area contributed by atoms with Gasteiger partial charge in [-0.15, -0.1) is 4.36 Å². The molecular weight excluding hydrogens is 686 g/mol. The average Bonchev–Trinajstić information content (AvgIpc) is 3.81. The zero-order valence-corrected chi connectivity index (χ0v) is 30.8. The van der Waals surface area contributed by atoms with Crippen molar-refractivity contribution in [3.05, 3.63) is 88.2 Å². The molecule has 10 nitrogen and oxygen atoms in total. The molecule has 1 aromatic heterocycles. The van der Waals surface area contributed by atoms with Gasteiger partial charge >= 0.3 is 0 Å². The second kappa shape index (κ2) is 13.7. The lowest BCUT2D eigenvalue weighted by atomic mass is 9.68. The molecule has 5 aliphatic rings. The predicted octanol–water partition coefficient (Wildman–Crippen LogP) is 6.38. The number of benzene rings is 2. The van der Waals surface area contributed by atoms with Crippen LogP contribution in [-0.2, 0) is 38.3 Å². The zero-order chi connectivity index (χ0) is 35.3. The summed E-state index contributed by atoms with van der Waals surface area (Å²) in [6, 6.07) is 13.5. The zero-order valence-electron chi connectivity index (χ0n) is 29.3. The maximum Gasteiger partial charge on any atom is 0.286 e. The van der Waals surface area contributed by atoms with Gasteiger partial charge < -0.3 is 14.4 Å². The second-order valence-corrected chi connectivity index (χ2v) is 17.6. The SMILES string of the molecule is CO[C@H]1/C=C/CCC[S@@](=O)(NC(=O)C2C[C@@H]2c2ccnn2C)=NC(=O)c2ccc3c(c2)N(C[C@@H]2CC[C@H]21)C[C@@]1(CCCc2cc(Cl)ccc21)CO3. The van der Waals surface area contributed by atoms with Crippen LogP contribution in [0, 0.1) is 17.8 Å². The first-order chi connectivity index (χ1) is 24.6. The number of carbonyl (C=O) groups excluding carboxylic acids is 2. The summed E-state index contributed by atoms with van der Waals surface area (Å²) in [6.07, 6.45) is 12.8. The Morgan fingerprint density at radius 2 is 2.04 bits per heavy atom. The third-order valence-corrected chi connectivity index (χ3v) is 13.9. The van der Waals surface area contributed by atoms with Crippen LogP contribution in [0.15, 0.2) is 65.2 Å². The minimum absolute atomic E-state index is 0.00129. The summed E-state index contributed by atoms with van der Waals surface area (Å²) in [5.74, 6) is 0.245. The fourth-order valence-electron chi connectivity index (χ4n) is 8.91. The van der Waals surface area contributed by atoms with Crippen LogP contribution in [0.2, 0.25) is 5.02 Å². The van der Waals surface area contributed by atoms with Crippen molar-refractivity contribution >= 4 is 39.0 Å². The van der Waals surface area contributed by atoms with Gasteiger partial charge in [-0.2, -0.15) is 5.10 Å². The van der Waals surface area contributed by atoms with E-state index in [1.54, 1.807) is 24.1 Å². The van der Waals surface area contributed by atoms with Crippen molar-refractivity contribution < 1.29 is 23.3 Å². The molecule has 2 aromatic carbocycles. The van der Waals surface area contributed by atoms with Crippen LogP contribution in [0.5, 0.6) is 5.75 Å². The number of amides is 2. The van der Waals surface area contributed by atoms with Crippen molar-refractivity contribution in [2.75, 3.05) is 37.5 Å². The van der Waals surface area contributed by atoms with Gasteiger partial charge in [-0.3, -0.25) is 19.0 Å². The Labute approximate surface area is 305 Å². The van der Waals surface area contributed by atoms with E-state index >= 15 is 0 Å². The van der Waals surface area contributed by atoms with Gasteiger partial charge in [0.1, 0.15) is 15.7 Å². The number of aryl methyl sites for hydroxylation is 2. The third kappa shape index (κ3) is 6.73. The van der Waals surface area contributed by atoms with E-state index in [-0.39, 0.29) is 35.0 Å². The molecule has 3 aromatic rings. The second-order valence-electron chi connectivity index (χ2n) is 15.1. The number of halogens is 1. The number of nitrogens with zero attached hydrogens (tertiary/aromatic N) is 4. The lowest BCUT2D eigenvalue weighted by Crippen LogP contribution is -2.49. The van der Waals surface area contributed by atoms with Gasteiger partial charge in [-0.25, -0.2) is 4.21 Å². The molecule has 2 saturated carbocycles. The number of aromatic nitrogens is 2. The Balaban J connectivity index is 1.15. The van der Waals surface area contributed by atoms with E-state index in [9.17, 15) is 13.8 Å². The Kier molecular flexibility index (Phi) is 9.25. The molecule has 0 saturated heterocycles. The summed E-state index contributed by atoms with van der Waals surface area (Å²) in [6.45, 7) is 2.04. The summed E-state index contributed by atoms with van der Waals surface area (Å²) in [5, 5.41) is 4.98. The molecule has 2 aliphatic heterocycles. The van der Waals surface area contributed by atoms with Crippen molar-refractivity contribution in [1.82, 2.24) is 14.5 Å². The van der Waals surface area contributed by atoms with Crippen LogP contribution in [0.3, 0.4) is 0 Å². The maximum atomic E-state index is 14.4. The van der Waals surface area contributed by atoms with E-state index < -0.39 is 15.8 Å². The third-order valence-electron chi connectivity index (χ3n) is 11.9. The number of fused-ring (bicyclic) bond motifs is 4. The van der Waals surface area contributed by atoms with Crippen molar-refractivity contribution in [3.63, 3.8) is 0 Å². The van der Waals surface area contributed by atoms with Gasteiger partial charge in [0.05, 0.1) is 24.2 Å². The molecule has 270 valence electrons. The molecule has 1 spiro atoms. The Hall–Kier alpha value is -3.67. The van der Waals surface area contributed by atoms with E-state index in [4.69, 9.17) is 21.1 Å². The Morgan fingerprint density at radius 1 is 1.16 bits per heavy atom. The highest BCUT2D eigenvalue weighted by molar-refractivity contribution is 7.92. The standard InChI is InChI=1S/C39H46ClN5O5S/c1-44-33(15-17-41-44)30-21-31(30)38(47)43-51(48)18-5-3-4-8-35(49-2)29-12-9-27(29)22-45-23-39(16-6-7-25-19-28(40)11-13-32(25)39)24-50-36-14-10-26(20-34(36)45)37(46)42-51/h4,8,10-11,13-15,17,19-20,27,29-31,35H,3,5-7,9,12,16,18,21-24H2,1-2H3,(H,42,43,46,47,48)/b8-4+/t27-,29+,30-,31?,35-,39-,51-/m0/s1. The molecule has 1 unspecified atom stereocenters. The van der Waals surface area contributed by atoms with Crippen LogP contribution in [0.25, 0.3) is 0 Å². The normalized spacial score (nSPS) is 32.3. The number of carbonyl (C=O) groups is 2. The monoisotopic (exact) mass is 731 g/mol. The number of anilines is 1. The molecule has 12 heteroatoms. The number of hydrogen-bond donors (Lipinski definition) is 1. The number of ether oxygens (including phenoxy) is 2. The fraction of sp³-hybridized carbons (Fsp3) is 0.513. The van der Waals surface area contributed by atoms with Gasteiger partial charge in [0.2, 0.25) is 5.91 Å². The summed E-state index contributed by atoms with van der Waals surface area (Å²) in [5.41, 5.74) is 4.42. The molecule has 3 heterocycles. The van der Waals surface area contributed by atoms with Crippen molar-refractivity contribution in [3.8, 4) is 5.75 Å². The molecule has 2 amide bonds. The van der Waals surface area contributed by atoms with Gasteiger partial charge in [0.15, 0.2) is 0 Å². The Morgan fingerprint density at radius 3 is 2.82 bits per heavy atom. The fourth-order valence-corrected chi connectivity index (χ4v) is 10.7.